The largest absolute Gasteiger partial charge is 0.488 e. The van der Waals surface area contributed by atoms with Gasteiger partial charge in [0, 0.05) is 11.6 Å². The van der Waals surface area contributed by atoms with Gasteiger partial charge in [0.2, 0.25) is 0 Å². The van der Waals surface area contributed by atoms with Crippen LogP contribution in [-0.2, 0) is 4.74 Å². The van der Waals surface area contributed by atoms with E-state index in [1.165, 1.54) is 0 Å². The highest BCUT2D eigenvalue weighted by atomic mass is 79.9. The quantitative estimate of drug-likeness (QED) is 0.377. The first kappa shape index (κ1) is 13.8. The van der Waals surface area contributed by atoms with Crippen LogP contribution in [0.1, 0.15) is 12.5 Å². The van der Waals surface area contributed by atoms with Gasteiger partial charge in [-0.2, -0.15) is 0 Å². The van der Waals surface area contributed by atoms with Crippen LogP contribution in [0.3, 0.4) is 0 Å². The molecule has 0 saturated heterocycles. The van der Waals surface area contributed by atoms with Gasteiger partial charge in [-0.1, -0.05) is 21.1 Å². The highest BCUT2D eigenvalue weighted by Crippen LogP contribution is 2.24. The molecule has 0 aliphatic heterocycles. The van der Waals surface area contributed by atoms with Crippen molar-refractivity contribution in [2.24, 2.45) is 10.9 Å². The summed E-state index contributed by atoms with van der Waals surface area (Å²) in [5.74, 6) is 0.555. The predicted octanol–water partition coefficient (Wildman–Crippen LogP) is 1.96. The molecule has 0 aromatic heterocycles. The first-order valence-electron chi connectivity index (χ1n) is 5.01. The summed E-state index contributed by atoms with van der Waals surface area (Å²) >= 11 is 3.32. The molecule has 0 heterocycles. The summed E-state index contributed by atoms with van der Waals surface area (Å²) in [5.41, 5.74) is 6.11. The average Bonchev–Trinajstić information content (AvgIpc) is 2.30. The number of nitrogens with zero attached hydrogens (tertiary/aromatic N) is 1. The number of halogens is 1. The van der Waals surface area contributed by atoms with Gasteiger partial charge in [-0.25, -0.2) is 0 Å². The van der Waals surface area contributed by atoms with Gasteiger partial charge < -0.3 is 20.4 Å². The number of benzene rings is 1. The van der Waals surface area contributed by atoms with Gasteiger partial charge in [-0.05, 0) is 25.1 Å². The molecule has 6 heteroatoms. The first-order chi connectivity index (χ1) is 8.08. The lowest BCUT2D eigenvalue weighted by Gasteiger charge is -2.16. The van der Waals surface area contributed by atoms with E-state index in [1.807, 2.05) is 13.0 Å². The molecule has 1 unspecified atom stereocenters. The molecule has 0 radical (unpaired) electrons. The zero-order valence-corrected chi connectivity index (χ0v) is 11.3. The van der Waals surface area contributed by atoms with Gasteiger partial charge in [-0.15, -0.1) is 0 Å². The molecule has 1 aromatic rings. The summed E-state index contributed by atoms with van der Waals surface area (Å²) in [6, 6.07) is 5.30. The van der Waals surface area contributed by atoms with E-state index in [9.17, 15) is 0 Å². The van der Waals surface area contributed by atoms with Gasteiger partial charge >= 0.3 is 0 Å². The zero-order valence-electron chi connectivity index (χ0n) is 9.68. The van der Waals surface area contributed by atoms with Crippen LogP contribution in [0, 0.1) is 0 Å². The molecular formula is C11H15BrN2O3. The molecule has 5 nitrogen and oxygen atoms in total. The van der Waals surface area contributed by atoms with Crippen LogP contribution >= 0.6 is 15.9 Å². The lowest BCUT2D eigenvalue weighted by Crippen LogP contribution is -2.21. The third kappa shape index (κ3) is 3.90. The van der Waals surface area contributed by atoms with Crippen molar-refractivity contribution < 1.29 is 14.7 Å². The van der Waals surface area contributed by atoms with Crippen molar-refractivity contribution in [3.63, 3.8) is 0 Å². The summed E-state index contributed by atoms with van der Waals surface area (Å²) in [5, 5.41) is 11.7. The van der Waals surface area contributed by atoms with E-state index < -0.39 is 0 Å². The number of oxime groups is 1. The Bertz CT molecular complexity index is 410. The van der Waals surface area contributed by atoms with Crippen LogP contribution in [0.15, 0.2) is 27.8 Å². The third-order valence-corrected chi connectivity index (χ3v) is 2.55. The molecule has 3 N–H and O–H groups in total. The molecule has 0 fully saturated rings. The van der Waals surface area contributed by atoms with E-state index >= 15 is 0 Å². The van der Waals surface area contributed by atoms with Crippen molar-refractivity contribution in [3.8, 4) is 5.75 Å². The summed E-state index contributed by atoms with van der Waals surface area (Å²) in [4.78, 5) is 0. The molecule has 0 spiro atoms. The van der Waals surface area contributed by atoms with E-state index in [4.69, 9.17) is 20.4 Å². The zero-order chi connectivity index (χ0) is 12.8. The first-order valence-corrected chi connectivity index (χ1v) is 5.80. The predicted molar refractivity (Wildman–Crippen MR) is 68.6 cm³/mol. The van der Waals surface area contributed by atoms with E-state index in [0.717, 1.165) is 4.47 Å². The molecule has 0 bridgehead atoms. The molecule has 1 atom stereocenters. The molecule has 1 rings (SSSR count). The number of nitrogens with two attached hydrogens (primary N) is 1. The van der Waals surface area contributed by atoms with E-state index in [1.54, 1.807) is 19.2 Å². The fourth-order valence-corrected chi connectivity index (χ4v) is 1.71. The Hall–Kier alpha value is -1.27. The fraction of sp³-hybridized carbons (Fsp3) is 0.364. The van der Waals surface area contributed by atoms with E-state index in [2.05, 4.69) is 21.1 Å². The third-order valence-electron chi connectivity index (χ3n) is 2.05. The fourth-order valence-electron chi connectivity index (χ4n) is 1.34. The topological polar surface area (TPSA) is 77.1 Å². The smallest absolute Gasteiger partial charge is 0.173 e. The van der Waals surface area contributed by atoms with Crippen LogP contribution in [0.2, 0.25) is 0 Å². The molecule has 0 aliphatic carbocycles. The van der Waals surface area contributed by atoms with Crippen molar-refractivity contribution in [1.29, 1.82) is 0 Å². The Balaban J connectivity index is 2.98. The Morgan fingerprint density at radius 3 is 2.88 bits per heavy atom. The number of rotatable bonds is 5. The van der Waals surface area contributed by atoms with Crippen molar-refractivity contribution >= 4 is 21.8 Å². The van der Waals surface area contributed by atoms with Crippen LogP contribution in [0.4, 0.5) is 0 Å². The molecule has 1 aromatic carbocycles. The number of methoxy groups -OCH3 is 1. The molecule has 94 valence electrons. The average molecular weight is 303 g/mol. The minimum absolute atomic E-state index is 0.00548. The molecule has 0 aliphatic rings. The molecule has 0 saturated carbocycles. The summed E-state index contributed by atoms with van der Waals surface area (Å²) in [6.07, 6.45) is -0.119. The summed E-state index contributed by atoms with van der Waals surface area (Å²) in [7, 11) is 1.60. The maximum atomic E-state index is 8.71. The van der Waals surface area contributed by atoms with Gasteiger partial charge in [0.15, 0.2) is 5.84 Å². The second-order valence-electron chi connectivity index (χ2n) is 3.51. The van der Waals surface area contributed by atoms with Crippen molar-refractivity contribution in [3.05, 3.63) is 28.2 Å². The Morgan fingerprint density at radius 2 is 2.29 bits per heavy atom. The minimum Gasteiger partial charge on any atom is -0.488 e. The van der Waals surface area contributed by atoms with Gasteiger partial charge in [-0.3, -0.25) is 0 Å². The highest BCUT2D eigenvalue weighted by molar-refractivity contribution is 9.10. The van der Waals surface area contributed by atoms with E-state index in [0.29, 0.717) is 17.9 Å². The Labute approximate surface area is 108 Å². The van der Waals surface area contributed by atoms with Crippen molar-refractivity contribution in [2.75, 3.05) is 13.7 Å². The highest BCUT2D eigenvalue weighted by Gasteiger charge is 2.12. The summed E-state index contributed by atoms with van der Waals surface area (Å²) < 4.78 is 11.5. The summed E-state index contributed by atoms with van der Waals surface area (Å²) in [6.45, 7) is 2.34. The maximum absolute atomic E-state index is 8.71. The van der Waals surface area contributed by atoms with E-state index in [-0.39, 0.29) is 11.9 Å². The Morgan fingerprint density at radius 1 is 1.59 bits per heavy atom. The second kappa shape index (κ2) is 6.46. The Kier molecular flexibility index (Phi) is 5.24. The monoisotopic (exact) mass is 302 g/mol. The second-order valence-corrected chi connectivity index (χ2v) is 4.43. The van der Waals surface area contributed by atoms with Gasteiger partial charge in [0.05, 0.1) is 12.2 Å². The normalized spacial score (nSPS) is 13.5. The van der Waals surface area contributed by atoms with Crippen LogP contribution < -0.4 is 10.5 Å². The number of hydrogen-bond acceptors (Lipinski definition) is 4. The number of hydrogen-bond donors (Lipinski definition) is 2. The molecule has 17 heavy (non-hydrogen) atoms. The maximum Gasteiger partial charge on any atom is 0.173 e. The lowest BCUT2D eigenvalue weighted by atomic mass is 10.2. The molecular weight excluding hydrogens is 288 g/mol. The van der Waals surface area contributed by atoms with Gasteiger partial charge in [0.25, 0.3) is 0 Å². The van der Waals surface area contributed by atoms with Crippen molar-refractivity contribution in [1.82, 2.24) is 0 Å². The number of amidine groups is 1. The SMILES string of the molecule is COCC(C)Oc1ccc(Br)cc1/C(N)=N/O. The molecule has 0 amide bonds. The van der Waals surface area contributed by atoms with Gasteiger partial charge in [0.1, 0.15) is 11.9 Å². The van der Waals surface area contributed by atoms with Crippen LogP contribution in [0.25, 0.3) is 0 Å². The van der Waals surface area contributed by atoms with Crippen LogP contribution in [-0.4, -0.2) is 30.9 Å². The van der Waals surface area contributed by atoms with Crippen LogP contribution in [0.5, 0.6) is 5.75 Å². The van der Waals surface area contributed by atoms with Crippen molar-refractivity contribution in [2.45, 2.75) is 13.0 Å². The minimum atomic E-state index is -0.119. The lowest BCUT2D eigenvalue weighted by molar-refractivity contribution is 0.0919. The number of ether oxygens (including phenoxy) is 2. The standard InChI is InChI=1S/C11H15BrN2O3/c1-7(6-16-2)17-10-4-3-8(12)5-9(10)11(13)14-15/h3-5,7,15H,6H2,1-2H3,(H2,13,14).